The number of aryl methyl sites for hydroxylation is 1. The van der Waals surface area contributed by atoms with E-state index in [0.29, 0.717) is 20.5 Å². The largest absolute Gasteiger partial charge is 0.393 e. The van der Waals surface area contributed by atoms with Crippen LogP contribution in [0, 0.1) is 0 Å². The van der Waals surface area contributed by atoms with E-state index in [1.54, 1.807) is 6.08 Å². The van der Waals surface area contributed by atoms with Crippen molar-refractivity contribution in [2.45, 2.75) is 69.8 Å². The molecule has 0 aromatic carbocycles. The van der Waals surface area contributed by atoms with Gasteiger partial charge < -0.3 is 15.1 Å². The Balaban J connectivity index is 1.83. The number of allylic oxidation sites excluding steroid dienone is 4. The predicted octanol–water partition coefficient (Wildman–Crippen LogP) is 3.74. The molecule has 1 aliphatic heterocycles. The Labute approximate surface area is 223 Å². The minimum atomic E-state index is -4.66. The number of likely N-dealkylation sites (tertiary alicyclic amines) is 1. The van der Waals surface area contributed by atoms with Crippen molar-refractivity contribution in [1.82, 2.24) is 14.0 Å². The Bertz CT molecular complexity index is 1410. The van der Waals surface area contributed by atoms with E-state index in [0.717, 1.165) is 18.4 Å². The fourth-order valence-corrected chi connectivity index (χ4v) is 6.09. The number of thiophene rings is 1. The zero-order valence-electron chi connectivity index (χ0n) is 20.8. The molecule has 1 saturated heterocycles. The number of aromatic nitrogens is 2. The highest BCUT2D eigenvalue weighted by Crippen LogP contribution is 2.37. The number of carbonyl (C=O) groups is 1. The van der Waals surface area contributed by atoms with Crippen molar-refractivity contribution < 1.29 is 37.0 Å². The van der Waals surface area contributed by atoms with Crippen LogP contribution in [0.4, 0.5) is 22.0 Å². The van der Waals surface area contributed by atoms with Gasteiger partial charge in [0, 0.05) is 26.2 Å². The zero-order chi connectivity index (χ0) is 28.5. The topological polar surface area (TPSA) is 105 Å². The van der Waals surface area contributed by atoms with Gasteiger partial charge in [0.25, 0.3) is 17.9 Å². The van der Waals surface area contributed by atoms with Crippen LogP contribution in [0.1, 0.15) is 60.2 Å². The van der Waals surface area contributed by atoms with Gasteiger partial charge in [-0.15, -0.1) is 11.3 Å². The molecule has 1 fully saturated rings. The van der Waals surface area contributed by atoms with Crippen LogP contribution in [0.25, 0.3) is 10.2 Å². The Morgan fingerprint density at radius 3 is 2.36 bits per heavy atom. The molecule has 0 bridgehead atoms. The number of aliphatic hydroxyl groups excluding tert-OH is 1. The summed E-state index contributed by atoms with van der Waals surface area (Å²) in [5.74, 6) is -0.884. The Morgan fingerprint density at radius 2 is 1.79 bits per heavy atom. The summed E-state index contributed by atoms with van der Waals surface area (Å²) >= 11 is 0.397. The highest BCUT2D eigenvalue weighted by Gasteiger charge is 2.37. The fraction of sp³-hybridized carbons (Fsp3) is 0.560. The summed E-state index contributed by atoms with van der Waals surface area (Å²) in [5, 5.41) is 18.9. The van der Waals surface area contributed by atoms with Gasteiger partial charge in [-0.05, 0) is 32.1 Å². The van der Waals surface area contributed by atoms with E-state index in [2.05, 4.69) is 0 Å². The third-order valence-electron chi connectivity index (χ3n) is 7.10. The van der Waals surface area contributed by atoms with E-state index in [1.165, 1.54) is 4.90 Å². The second-order valence-electron chi connectivity index (χ2n) is 9.77. The van der Waals surface area contributed by atoms with E-state index < -0.39 is 75.6 Å². The van der Waals surface area contributed by atoms with Crippen LogP contribution in [0.15, 0.2) is 33.4 Å². The van der Waals surface area contributed by atoms with Crippen LogP contribution in [-0.4, -0.2) is 61.6 Å². The third kappa shape index (κ3) is 6.17. The number of aliphatic hydroxyl groups is 2. The van der Waals surface area contributed by atoms with Gasteiger partial charge in [0.2, 0.25) is 0 Å². The second kappa shape index (κ2) is 11.3. The molecule has 14 heteroatoms. The molecule has 1 aliphatic carbocycles. The molecule has 0 saturated carbocycles. The molecule has 3 heterocycles. The van der Waals surface area contributed by atoms with Gasteiger partial charge in [-0.2, -0.15) is 13.2 Å². The molecule has 2 N–H and O–H groups in total. The van der Waals surface area contributed by atoms with Gasteiger partial charge in [-0.25, -0.2) is 13.6 Å². The standard InChI is InChI=1S/C25H28F5N3O5S/c26-19(27)16-17-20(35)32(10-6-15-4-2-1-3-5-15)23(37)33(13-9-25(28,29)30)22(17)39-18(16)21(36)31-11-7-24(38,14-34)8-12-31/h2,4-5,19,34,38H,1,3,6-14H2. The zero-order valence-corrected chi connectivity index (χ0v) is 21.7. The normalized spacial score (nSPS) is 17.7. The average Bonchev–Trinajstić information content (AvgIpc) is 3.29. The Hall–Kier alpha value is -2.84. The molecule has 8 nitrogen and oxygen atoms in total. The Morgan fingerprint density at radius 1 is 1.10 bits per heavy atom. The van der Waals surface area contributed by atoms with Crippen LogP contribution >= 0.6 is 11.3 Å². The SMILES string of the molecule is O=C(c1sc2c(c1C(F)F)c(=O)n(CCC1=CCCC=C1)c(=O)n2CCC(F)(F)F)N1CCC(O)(CO)CC1. The molecular formula is C25H28F5N3O5S. The van der Waals surface area contributed by atoms with Crippen molar-refractivity contribution in [1.29, 1.82) is 0 Å². The molecule has 0 atom stereocenters. The lowest BCUT2D eigenvalue weighted by atomic mass is 9.92. The molecule has 0 unspecified atom stereocenters. The van der Waals surface area contributed by atoms with E-state index in [9.17, 15) is 46.5 Å². The highest BCUT2D eigenvalue weighted by molar-refractivity contribution is 7.20. The first-order valence-corrected chi connectivity index (χ1v) is 13.3. The first-order valence-electron chi connectivity index (χ1n) is 12.5. The lowest BCUT2D eigenvalue weighted by Gasteiger charge is -2.36. The summed E-state index contributed by atoms with van der Waals surface area (Å²) in [6.45, 7) is -1.83. The Kier molecular flexibility index (Phi) is 8.47. The lowest BCUT2D eigenvalue weighted by Crippen LogP contribution is -2.48. The summed E-state index contributed by atoms with van der Waals surface area (Å²) in [5.41, 5.74) is -3.68. The van der Waals surface area contributed by atoms with Gasteiger partial charge in [-0.1, -0.05) is 23.8 Å². The fourth-order valence-electron chi connectivity index (χ4n) is 4.80. The second-order valence-corrected chi connectivity index (χ2v) is 10.8. The van der Waals surface area contributed by atoms with E-state index in [4.69, 9.17) is 0 Å². The number of nitrogens with zero attached hydrogens (tertiary/aromatic N) is 3. The van der Waals surface area contributed by atoms with Crippen LogP contribution in [0.3, 0.4) is 0 Å². The van der Waals surface area contributed by atoms with Crippen LogP contribution in [-0.2, 0) is 13.1 Å². The summed E-state index contributed by atoms with van der Waals surface area (Å²) < 4.78 is 69.5. The van der Waals surface area contributed by atoms with Gasteiger partial charge >= 0.3 is 11.9 Å². The maximum absolute atomic E-state index is 14.4. The van der Waals surface area contributed by atoms with Crippen molar-refractivity contribution in [2.75, 3.05) is 19.7 Å². The van der Waals surface area contributed by atoms with Gasteiger partial charge in [0.05, 0.1) is 29.6 Å². The quantitative estimate of drug-likeness (QED) is 0.466. The van der Waals surface area contributed by atoms with Crippen molar-refractivity contribution in [3.8, 4) is 0 Å². The molecule has 2 aromatic heterocycles. The maximum Gasteiger partial charge on any atom is 0.390 e. The number of amides is 1. The van der Waals surface area contributed by atoms with Crippen LogP contribution in [0.2, 0.25) is 0 Å². The van der Waals surface area contributed by atoms with Crippen LogP contribution in [0.5, 0.6) is 0 Å². The van der Waals surface area contributed by atoms with E-state index in [1.807, 2.05) is 12.2 Å². The first-order chi connectivity index (χ1) is 18.3. The third-order valence-corrected chi connectivity index (χ3v) is 8.31. The number of hydrogen-bond donors (Lipinski definition) is 2. The summed E-state index contributed by atoms with van der Waals surface area (Å²) in [7, 11) is 0. The number of rotatable bonds is 8. The molecule has 2 aliphatic rings. The van der Waals surface area contributed by atoms with E-state index >= 15 is 0 Å². The molecular weight excluding hydrogens is 549 g/mol. The van der Waals surface area contributed by atoms with Crippen molar-refractivity contribution in [3.05, 3.63) is 55.1 Å². The maximum atomic E-state index is 14.4. The highest BCUT2D eigenvalue weighted by atomic mass is 32.1. The minimum Gasteiger partial charge on any atom is -0.393 e. The average molecular weight is 578 g/mol. The minimum absolute atomic E-state index is 0.0163. The lowest BCUT2D eigenvalue weighted by molar-refractivity contribution is -0.136. The summed E-state index contributed by atoms with van der Waals surface area (Å²) in [6, 6.07) is 0. The number of halogens is 5. The first kappa shape index (κ1) is 29.2. The smallest absolute Gasteiger partial charge is 0.390 e. The number of hydrogen-bond acceptors (Lipinski definition) is 6. The summed E-state index contributed by atoms with van der Waals surface area (Å²) in [6.07, 6.45) is -2.10. The number of carbonyl (C=O) groups excluding carboxylic acids is 1. The number of piperidine rings is 1. The van der Waals surface area contributed by atoms with Gasteiger partial charge in [-0.3, -0.25) is 18.7 Å². The van der Waals surface area contributed by atoms with Gasteiger partial charge in [0.15, 0.2) is 0 Å². The van der Waals surface area contributed by atoms with Gasteiger partial charge in [0.1, 0.15) is 9.71 Å². The monoisotopic (exact) mass is 577 g/mol. The van der Waals surface area contributed by atoms with Crippen molar-refractivity contribution >= 4 is 27.5 Å². The van der Waals surface area contributed by atoms with Crippen molar-refractivity contribution in [3.63, 3.8) is 0 Å². The van der Waals surface area contributed by atoms with E-state index in [-0.39, 0.29) is 38.9 Å². The molecule has 4 rings (SSSR count). The molecule has 0 spiro atoms. The summed E-state index contributed by atoms with van der Waals surface area (Å²) in [4.78, 5) is 40.2. The molecule has 39 heavy (non-hydrogen) atoms. The molecule has 0 radical (unpaired) electrons. The molecule has 1 amide bonds. The van der Waals surface area contributed by atoms with Crippen molar-refractivity contribution in [2.24, 2.45) is 0 Å². The molecule has 214 valence electrons. The predicted molar refractivity (Wildman–Crippen MR) is 134 cm³/mol. The number of alkyl halides is 5. The molecule has 2 aromatic rings. The van der Waals surface area contributed by atoms with Crippen LogP contribution < -0.4 is 11.2 Å². The number of fused-ring (bicyclic) bond motifs is 1.